The third-order valence-electron chi connectivity index (χ3n) is 5.82. The highest BCUT2D eigenvalue weighted by atomic mass is 32.2. The minimum absolute atomic E-state index is 0.0805. The van der Waals surface area contributed by atoms with E-state index in [4.69, 9.17) is 0 Å². The second kappa shape index (κ2) is 7.58. The molecule has 3 amide bonds. The number of thioether (sulfide) groups is 1. The molecular formula is C18H27N5O2S2. The highest BCUT2D eigenvalue weighted by Gasteiger charge is 2.51. The molecule has 4 bridgehead atoms. The number of hydrogen-bond acceptors (Lipinski definition) is 7. The summed E-state index contributed by atoms with van der Waals surface area (Å²) in [6, 6.07) is -0.0608. The first kappa shape index (κ1) is 19.0. The van der Waals surface area contributed by atoms with E-state index in [2.05, 4.69) is 26.1 Å². The standard InChI is InChI=1S/C18H27N5O2S2/c1-10(2)19-16-22-23-17(27-16)26-9-14(24)20-15(25)21-18-6-11-3-12(7-18)5-13(4-11)8-18/h10-13H,3-9H2,1-2H3,(H,19,22)(H2,20,21,24,25). The van der Waals surface area contributed by atoms with Crippen molar-refractivity contribution in [1.82, 2.24) is 20.8 Å². The monoisotopic (exact) mass is 409 g/mol. The minimum atomic E-state index is -0.345. The van der Waals surface area contributed by atoms with Crippen molar-refractivity contribution >= 4 is 40.2 Å². The topological polar surface area (TPSA) is 96.0 Å². The number of carbonyl (C=O) groups excluding carboxylic acids is 2. The van der Waals surface area contributed by atoms with Crippen LogP contribution in [-0.2, 0) is 4.79 Å². The van der Waals surface area contributed by atoms with Gasteiger partial charge >= 0.3 is 6.03 Å². The van der Waals surface area contributed by atoms with Crippen LogP contribution in [0.4, 0.5) is 9.93 Å². The maximum atomic E-state index is 12.4. The Morgan fingerprint density at radius 1 is 1.15 bits per heavy atom. The molecule has 0 aliphatic heterocycles. The first-order valence-corrected chi connectivity index (χ1v) is 11.5. The number of urea groups is 1. The van der Waals surface area contributed by atoms with Crippen molar-refractivity contribution in [2.24, 2.45) is 17.8 Å². The highest BCUT2D eigenvalue weighted by Crippen LogP contribution is 2.55. The Bertz CT molecular complexity index is 685. The number of carbonyl (C=O) groups is 2. The number of nitrogens with zero attached hydrogens (tertiary/aromatic N) is 2. The molecule has 0 radical (unpaired) electrons. The van der Waals surface area contributed by atoms with Crippen LogP contribution in [0.15, 0.2) is 4.34 Å². The van der Waals surface area contributed by atoms with E-state index in [1.807, 2.05) is 13.8 Å². The van der Waals surface area contributed by atoms with Gasteiger partial charge in [0, 0.05) is 11.6 Å². The molecule has 4 aliphatic carbocycles. The minimum Gasteiger partial charge on any atom is -0.358 e. The molecule has 9 heteroatoms. The van der Waals surface area contributed by atoms with Gasteiger partial charge in [0.1, 0.15) is 0 Å². The molecule has 4 fully saturated rings. The van der Waals surface area contributed by atoms with Gasteiger partial charge in [0.2, 0.25) is 11.0 Å². The SMILES string of the molecule is CC(C)Nc1nnc(SCC(=O)NC(=O)NC23CC4CC(CC(C4)C2)C3)s1. The van der Waals surface area contributed by atoms with Gasteiger partial charge in [-0.25, -0.2) is 4.79 Å². The van der Waals surface area contributed by atoms with Crippen molar-refractivity contribution in [1.29, 1.82) is 0 Å². The summed E-state index contributed by atoms with van der Waals surface area (Å²) in [6.45, 7) is 4.06. The lowest BCUT2D eigenvalue weighted by molar-refractivity contribution is -0.117. The fourth-order valence-corrected chi connectivity index (χ4v) is 7.10. The lowest BCUT2D eigenvalue weighted by Crippen LogP contribution is -2.61. The Morgan fingerprint density at radius 3 is 2.37 bits per heavy atom. The normalized spacial score (nSPS) is 31.1. The van der Waals surface area contributed by atoms with Gasteiger partial charge in [-0.05, 0) is 70.1 Å². The van der Waals surface area contributed by atoms with Crippen molar-refractivity contribution in [3.63, 3.8) is 0 Å². The van der Waals surface area contributed by atoms with Crippen LogP contribution in [0.25, 0.3) is 0 Å². The maximum Gasteiger partial charge on any atom is 0.321 e. The van der Waals surface area contributed by atoms with Crippen LogP contribution in [0.1, 0.15) is 52.4 Å². The summed E-state index contributed by atoms with van der Waals surface area (Å²) in [7, 11) is 0. The molecule has 27 heavy (non-hydrogen) atoms. The van der Waals surface area contributed by atoms with Crippen molar-refractivity contribution in [2.45, 2.75) is 68.3 Å². The van der Waals surface area contributed by atoms with Crippen molar-refractivity contribution in [2.75, 3.05) is 11.1 Å². The molecule has 7 nitrogen and oxygen atoms in total. The Morgan fingerprint density at radius 2 is 1.78 bits per heavy atom. The zero-order valence-electron chi connectivity index (χ0n) is 15.8. The van der Waals surface area contributed by atoms with E-state index < -0.39 is 0 Å². The van der Waals surface area contributed by atoms with Crippen LogP contribution < -0.4 is 16.0 Å². The van der Waals surface area contributed by atoms with Gasteiger partial charge in [-0.3, -0.25) is 10.1 Å². The zero-order valence-corrected chi connectivity index (χ0v) is 17.4. The predicted molar refractivity (Wildman–Crippen MR) is 107 cm³/mol. The zero-order chi connectivity index (χ0) is 19.0. The number of nitrogens with one attached hydrogen (secondary N) is 3. The smallest absolute Gasteiger partial charge is 0.321 e. The number of imide groups is 1. The Hall–Kier alpha value is -1.35. The molecule has 1 aromatic rings. The molecule has 5 rings (SSSR count). The van der Waals surface area contributed by atoms with Crippen molar-refractivity contribution in [3.8, 4) is 0 Å². The van der Waals surface area contributed by atoms with Gasteiger partial charge in [0.15, 0.2) is 4.34 Å². The lowest BCUT2D eigenvalue weighted by Gasteiger charge is -2.56. The second-order valence-electron chi connectivity index (χ2n) is 8.66. The summed E-state index contributed by atoms with van der Waals surface area (Å²) in [4.78, 5) is 24.5. The fraction of sp³-hybridized carbons (Fsp3) is 0.778. The van der Waals surface area contributed by atoms with E-state index in [1.165, 1.54) is 42.4 Å². The number of aromatic nitrogens is 2. The average molecular weight is 410 g/mol. The van der Waals surface area contributed by atoms with Crippen LogP contribution in [0.3, 0.4) is 0 Å². The van der Waals surface area contributed by atoms with Crippen molar-refractivity contribution in [3.05, 3.63) is 0 Å². The predicted octanol–water partition coefficient (Wildman–Crippen LogP) is 3.25. The second-order valence-corrected chi connectivity index (χ2v) is 10.9. The molecule has 0 unspecified atom stereocenters. The lowest BCUT2D eigenvalue weighted by atomic mass is 9.53. The van der Waals surface area contributed by atoms with Gasteiger partial charge < -0.3 is 10.6 Å². The van der Waals surface area contributed by atoms with E-state index in [-0.39, 0.29) is 29.3 Å². The number of amides is 3. The summed E-state index contributed by atoms with van der Waals surface area (Å²) in [5, 5.41) is 17.7. The quantitative estimate of drug-likeness (QED) is 0.624. The average Bonchev–Trinajstić information content (AvgIpc) is 2.97. The van der Waals surface area contributed by atoms with E-state index in [9.17, 15) is 9.59 Å². The van der Waals surface area contributed by atoms with Gasteiger partial charge in [0.25, 0.3) is 0 Å². The van der Waals surface area contributed by atoms with E-state index in [1.54, 1.807) is 0 Å². The molecule has 4 saturated carbocycles. The van der Waals surface area contributed by atoms with Crippen LogP contribution in [0, 0.1) is 17.8 Å². The van der Waals surface area contributed by atoms with Crippen LogP contribution in [0.2, 0.25) is 0 Å². The summed E-state index contributed by atoms with van der Waals surface area (Å²) >= 11 is 2.72. The largest absolute Gasteiger partial charge is 0.358 e. The van der Waals surface area contributed by atoms with E-state index in [0.717, 1.165) is 46.5 Å². The number of hydrogen-bond donors (Lipinski definition) is 3. The third kappa shape index (κ3) is 4.56. The number of rotatable bonds is 6. The maximum absolute atomic E-state index is 12.4. The fourth-order valence-electron chi connectivity index (χ4n) is 5.40. The summed E-state index contributed by atoms with van der Waals surface area (Å²) in [6.07, 6.45) is 7.21. The summed E-state index contributed by atoms with van der Waals surface area (Å²) < 4.78 is 0.717. The molecule has 0 saturated heterocycles. The number of anilines is 1. The molecule has 0 spiro atoms. The molecule has 148 valence electrons. The Kier molecular flexibility index (Phi) is 5.33. The first-order chi connectivity index (χ1) is 12.9. The molecule has 0 atom stereocenters. The van der Waals surface area contributed by atoms with E-state index in [0.29, 0.717) is 0 Å². The third-order valence-corrected chi connectivity index (χ3v) is 7.80. The summed E-state index contributed by atoms with van der Waals surface area (Å²) in [5.41, 5.74) is -0.0805. The molecule has 4 aliphatic rings. The van der Waals surface area contributed by atoms with Gasteiger partial charge in [0.05, 0.1) is 5.75 Å². The molecule has 1 heterocycles. The van der Waals surface area contributed by atoms with Crippen LogP contribution in [0.5, 0.6) is 0 Å². The molecule has 3 N–H and O–H groups in total. The Balaban J connectivity index is 1.24. The van der Waals surface area contributed by atoms with Gasteiger partial charge in [-0.2, -0.15) is 0 Å². The van der Waals surface area contributed by atoms with E-state index >= 15 is 0 Å². The van der Waals surface area contributed by atoms with Gasteiger partial charge in [-0.15, -0.1) is 10.2 Å². The summed E-state index contributed by atoms with van der Waals surface area (Å²) in [5.74, 6) is 2.14. The highest BCUT2D eigenvalue weighted by molar-refractivity contribution is 8.01. The molecule has 1 aromatic heterocycles. The van der Waals surface area contributed by atoms with Crippen LogP contribution in [-0.4, -0.2) is 39.5 Å². The van der Waals surface area contributed by atoms with Crippen molar-refractivity contribution < 1.29 is 9.59 Å². The Labute approximate surface area is 167 Å². The molecular weight excluding hydrogens is 382 g/mol. The van der Waals surface area contributed by atoms with Gasteiger partial charge in [-0.1, -0.05) is 23.1 Å². The molecule has 0 aromatic carbocycles. The van der Waals surface area contributed by atoms with Crippen LogP contribution >= 0.6 is 23.1 Å². The first-order valence-electron chi connectivity index (χ1n) is 9.74.